The van der Waals surface area contributed by atoms with Gasteiger partial charge in [0.1, 0.15) is 0 Å². The van der Waals surface area contributed by atoms with Crippen molar-refractivity contribution in [2.75, 3.05) is 19.6 Å². The fraction of sp³-hybridized carbons (Fsp3) is 0.833. The van der Waals surface area contributed by atoms with Crippen LogP contribution in [0.4, 0.5) is 0 Å². The van der Waals surface area contributed by atoms with Gasteiger partial charge in [-0.25, -0.2) is 0 Å². The first-order chi connectivity index (χ1) is 6.20. The topological polar surface area (TPSA) is 3.24 Å². The van der Waals surface area contributed by atoms with Crippen molar-refractivity contribution in [3.8, 4) is 0 Å². The zero-order valence-electron chi connectivity index (χ0n) is 9.60. The van der Waals surface area contributed by atoms with Gasteiger partial charge in [0.05, 0.1) is 0 Å². The molecule has 0 aromatic carbocycles. The van der Waals surface area contributed by atoms with Gasteiger partial charge >= 0.3 is 0 Å². The second-order valence-corrected chi connectivity index (χ2v) is 3.90. The lowest BCUT2D eigenvalue weighted by atomic mass is 10.2. The van der Waals surface area contributed by atoms with Crippen LogP contribution in [0.3, 0.4) is 0 Å². The molecule has 0 N–H and O–H groups in total. The third kappa shape index (κ3) is 8.04. The molecule has 0 amide bonds. The van der Waals surface area contributed by atoms with Gasteiger partial charge in [-0.15, -0.1) is 6.58 Å². The average molecular weight is 183 g/mol. The van der Waals surface area contributed by atoms with Crippen LogP contribution in [-0.4, -0.2) is 24.5 Å². The van der Waals surface area contributed by atoms with E-state index in [4.69, 9.17) is 0 Å². The maximum absolute atomic E-state index is 3.94. The Morgan fingerprint density at radius 1 is 1.08 bits per heavy atom. The number of rotatable bonds is 8. The predicted octanol–water partition coefficient (Wildman–Crippen LogP) is 3.46. The van der Waals surface area contributed by atoms with Crippen LogP contribution in [0.15, 0.2) is 12.2 Å². The fourth-order valence-electron chi connectivity index (χ4n) is 1.38. The summed E-state index contributed by atoms with van der Waals surface area (Å²) >= 11 is 0. The van der Waals surface area contributed by atoms with Crippen molar-refractivity contribution in [2.24, 2.45) is 0 Å². The summed E-state index contributed by atoms with van der Waals surface area (Å²) in [6, 6.07) is 0. The lowest BCUT2D eigenvalue weighted by molar-refractivity contribution is 0.273. The van der Waals surface area contributed by atoms with Crippen LogP contribution in [-0.2, 0) is 0 Å². The average Bonchev–Trinajstić information content (AvgIpc) is 2.09. The summed E-state index contributed by atoms with van der Waals surface area (Å²) in [5.74, 6) is 0. The number of hydrogen-bond donors (Lipinski definition) is 0. The van der Waals surface area contributed by atoms with E-state index in [1.807, 2.05) is 0 Å². The minimum atomic E-state index is 1.16. The molecule has 0 saturated heterocycles. The maximum Gasteiger partial charge on any atom is 0.00184 e. The van der Waals surface area contributed by atoms with Crippen LogP contribution in [0, 0.1) is 0 Å². The molecule has 0 saturated carbocycles. The smallest absolute Gasteiger partial charge is 0.00184 e. The van der Waals surface area contributed by atoms with E-state index in [-0.39, 0.29) is 0 Å². The first-order valence-electron chi connectivity index (χ1n) is 5.57. The quantitative estimate of drug-likeness (QED) is 0.521. The Morgan fingerprint density at radius 2 is 1.77 bits per heavy atom. The van der Waals surface area contributed by atoms with Gasteiger partial charge in [0, 0.05) is 6.54 Å². The molecule has 0 heterocycles. The summed E-state index contributed by atoms with van der Waals surface area (Å²) in [4.78, 5) is 2.55. The Labute approximate surface area is 83.8 Å². The van der Waals surface area contributed by atoms with Gasteiger partial charge in [-0.2, -0.15) is 0 Å². The van der Waals surface area contributed by atoms with Gasteiger partial charge in [0.15, 0.2) is 0 Å². The van der Waals surface area contributed by atoms with Crippen molar-refractivity contribution in [2.45, 2.75) is 46.5 Å². The Balaban J connectivity index is 3.59. The molecule has 0 aromatic heterocycles. The number of hydrogen-bond acceptors (Lipinski definition) is 1. The van der Waals surface area contributed by atoms with E-state index in [1.165, 1.54) is 44.5 Å². The molecule has 1 nitrogen and oxygen atoms in total. The SMILES string of the molecule is C=C(C)CCN(CCC)CCCC. The highest BCUT2D eigenvalue weighted by Crippen LogP contribution is 2.02. The zero-order chi connectivity index (χ0) is 10.1. The molecule has 0 aliphatic carbocycles. The molecule has 0 atom stereocenters. The molecular formula is C12H25N. The highest BCUT2D eigenvalue weighted by molar-refractivity contribution is 4.88. The third-order valence-corrected chi connectivity index (χ3v) is 2.22. The van der Waals surface area contributed by atoms with E-state index in [0.29, 0.717) is 0 Å². The van der Waals surface area contributed by atoms with Gasteiger partial charge in [-0.05, 0) is 39.3 Å². The van der Waals surface area contributed by atoms with Crippen molar-refractivity contribution in [1.29, 1.82) is 0 Å². The Bertz CT molecular complexity index is 129. The Hall–Kier alpha value is -0.300. The van der Waals surface area contributed by atoms with Crippen LogP contribution in [0.25, 0.3) is 0 Å². The molecule has 0 rings (SSSR count). The highest BCUT2D eigenvalue weighted by atomic mass is 15.1. The molecule has 0 aromatic rings. The number of nitrogens with zero attached hydrogens (tertiary/aromatic N) is 1. The Morgan fingerprint density at radius 3 is 2.23 bits per heavy atom. The minimum absolute atomic E-state index is 1.16. The molecule has 0 fully saturated rings. The van der Waals surface area contributed by atoms with Crippen molar-refractivity contribution in [1.82, 2.24) is 4.90 Å². The van der Waals surface area contributed by atoms with Gasteiger partial charge < -0.3 is 4.90 Å². The molecule has 0 bridgehead atoms. The van der Waals surface area contributed by atoms with E-state index in [9.17, 15) is 0 Å². The second kappa shape index (κ2) is 8.31. The van der Waals surface area contributed by atoms with E-state index in [0.717, 1.165) is 6.42 Å². The zero-order valence-corrected chi connectivity index (χ0v) is 9.60. The van der Waals surface area contributed by atoms with E-state index in [2.05, 4.69) is 32.3 Å². The number of unbranched alkanes of at least 4 members (excludes halogenated alkanes) is 1. The van der Waals surface area contributed by atoms with Crippen LogP contribution in [0.1, 0.15) is 46.5 Å². The van der Waals surface area contributed by atoms with Crippen molar-refractivity contribution < 1.29 is 0 Å². The molecule has 78 valence electrons. The monoisotopic (exact) mass is 183 g/mol. The molecule has 0 aliphatic rings. The second-order valence-electron chi connectivity index (χ2n) is 3.90. The summed E-state index contributed by atoms with van der Waals surface area (Å²) in [6.45, 7) is 14.3. The summed E-state index contributed by atoms with van der Waals surface area (Å²) in [5, 5.41) is 0. The molecule has 0 aliphatic heterocycles. The van der Waals surface area contributed by atoms with Crippen LogP contribution in [0.5, 0.6) is 0 Å². The summed E-state index contributed by atoms with van der Waals surface area (Å²) in [6.07, 6.45) is 5.05. The third-order valence-electron chi connectivity index (χ3n) is 2.22. The predicted molar refractivity (Wildman–Crippen MR) is 61.1 cm³/mol. The summed E-state index contributed by atoms with van der Waals surface area (Å²) in [7, 11) is 0. The van der Waals surface area contributed by atoms with E-state index < -0.39 is 0 Å². The van der Waals surface area contributed by atoms with Gasteiger partial charge in [-0.1, -0.05) is 25.8 Å². The fourth-order valence-corrected chi connectivity index (χ4v) is 1.38. The first-order valence-corrected chi connectivity index (χ1v) is 5.57. The normalized spacial score (nSPS) is 10.8. The molecule has 0 radical (unpaired) electrons. The summed E-state index contributed by atoms with van der Waals surface area (Å²) < 4.78 is 0. The van der Waals surface area contributed by atoms with Crippen molar-refractivity contribution in [3.63, 3.8) is 0 Å². The van der Waals surface area contributed by atoms with Gasteiger partial charge in [0.2, 0.25) is 0 Å². The largest absolute Gasteiger partial charge is 0.303 e. The lowest BCUT2D eigenvalue weighted by Crippen LogP contribution is -2.26. The van der Waals surface area contributed by atoms with Crippen LogP contribution < -0.4 is 0 Å². The van der Waals surface area contributed by atoms with E-state index in [1.54, 1.807) is 0 Å². The molecule has 1 heteroatoms. The van der Waals surface area contributed by atoms with Crippen molar-refractivity contribution in [3.05, 3.63) is 12.2 Å². The summed E-state index contributed by atoms with van der Waals surface area (Å²) in [5.41, 5.74) is 1.30. The van der Waals surface area contributed by atoms with Crippen LogP contribution in [0.2, 0.25) is 0 Å². The first kappa shape index (κ1) is 12.7. The minimum Gasteiger partial charge on any atom is -0.303 e. The standard InChI is InChI=1S/C12H25N/c1-5-7-10-13(9-6-2)11-8-12(3)4/h3,5-11H2,1-2,4H3. The van der Waals surface area contributed by atoms with Crippen LogP contribution >= 0.6 is 0 Å². The maximum atomic E-state index is 3.94. The van der Waals surface area contributed by atoms with Gasteiger partial charge in [-0.3, -0.25) is 0 Å². The van der Waals surface area contributed by atoms with Crippen molar-refractivity contribution >= 4 is 0 Å². The Kier molecular flexibility index (Phi) is 8.11. The molecule has 13 heavy (non-hydrogen) atoms. The highest BCUT2D eigenvalue weighted by Gasteiger charge is 2.01. The lowest BCUT2D eigenvalue weighted by Gasteiger charge is -2.21. The molecule has 0 unspecified atom stereocenters. The van der Waals surface area contributed by atoms with E-state index >= 15 is 0 Å². The van der Waals surface area contributed by atoms with Gasteiger partial charge in [0.25, 0.3) is 0 Å². The molecular weight excluding hydrogens is 158 g/mol. The molecule has 0 spiro atoms.